The van der Waals surface area contributed by atoms with Crippen LogP contribution in [0.25, 0.3) is 0 Å². The molecule has 0 atom stereocenters. The molecule has 0 spiro atoms. The number of benzene rings is 2. The highest BCUT2D eigenvalue weighted by atomic mass is 16.6. The number of nitrogens with zero attached hydrogens (tertiary/aromatic N) is 3. The molecular formula is C20H21N5O2. The molecule has 7 nitrogen and oxygen atoms in total. The molecule has 0 amide bonds. The SMILES string of the molecule is Cc1ccc(Nc2ncnc(Nc3ccc(C)c(C)c3)c2[N+](=O)[O-])cc1C. The molecule has 138 valence electrons. The van der Waals surface area contributed by atoms with Crippen LogP contribution in [0, 0.1) is 37.8 Å². The zero-order chi connectivity index (χ0) is 19.6. The van der Waals surface area contributed by atoms with Gasteiger partial charge in [0.25, 0.3) is 0 Å². The number of hydrogen-bond donors (Lipinski definition) is 2. The Kier molecular flexibility index (Phi) is 5.03. The molecule has 7 heteroatoms. The van der Waals surface area contributed by atoms with Crippen LogP contribution in [0.3, 0.4) is 0 Å². The van der Waals surface area contributed by atoms with E-state index in [1.54, 1.807) is 0 Å². The second-order valence-electron chi connectivity index (χ2n) is 6.52. The normalized spacial score (nSPS) is 10.5. The van der Waals surface area contributed by atoms with Gasteiger partial charge in [0.15, 0.2) is 0 Å². The van der Waals surface area contributed by atoms with E-state index in [2.05, 4.69) is 20.6 Å². The Morgan fingerprint density at radius 2 is 1.22 bits per heavy atom. The van der Waals surface area contributed by atoms with Gasteiger partial charge in [-0.25, -0.2) is 9.97 Å². The van der Waals surface area contributed by atoms with Gasteiger partial charge in [0, 0.05) is 11.4 Å². The van der Waals surface area contributed by atoms with Crippen LogP contribution >= 0.6 is 0 Å². The van der Waals surface area contributed by atoms with Crippen molar-refractivity contribution in [2.75, 3.05) is 10.6 Å². The number of aryl methyl sites for hydroxylation is 4. The highest BCUT2D eigenvalue weighted by molar-refractivity contribution is 5.77. The van der Waals surface area contributed by atoms with Gasteiger partial charge in [-0.05, 0) is 74.2 Å². The van der Waals surface area contributed by atoms with Gasteiger partial charge in [-0.3, -0.25) is 10.1 Å². The summed E-state index contributed by atoms with van der Waals surface area (Å²) < 4.78 is 0. The van der Waals surface area contributed by atoms with Crippen molar-refractivity contribution in [3.8, 4) is 0 Å². The van der Waals surface area contributed by atoms with E-state index < -0.39 is 4.92 Å². The Bertz CT molecular complexity index is 945. The maximum atomic E-state index is 11.7. The summed E-state index contributed by atoms with van der Waals surface area (Å²) in [5.41, 5.74) is 5.74. The first kappa shape index (κ1) is 18.3. The molecule has 1 aromatic heterocycles. The lowest BCUT2D eigenvalue weighted by atomic mass is 10.1. The lowest BCUT2D eigenvalue weighted by molar-refractivity contribution is -0.383. The first-order chi connectivity index (χ1) is 12.8. The predicted molar refractivity (Wildman–Crippen MR) is 107 cm³/mol. The van der Waals surface area contributed by atoms with Gasteiger partial charge in [-0.1, -0.05) is 12.1 Å². The second-order valence-corrected chi connectivity index (χ2v) is 6.52. The van der Waals surface area contributed by atoms with Crippen molar-refractivity contribution >= 4 is 28.7 Å². The van der Waals surface area contributed by atoms with Crippen LogP contribution in [0.5, 0.6) is 0 Å². The van der Waals surface area contributed by atoms with Crippen molar-refractivity contribution < 1.29 is 4.92 Å². The average Bonchev–Trinajstić information content (AvgIpc) is 2.61. The number of hydrogen-bond acceptors (Lipinski definition) is 6. The van der Waals surface area contributed by atoms with Crippen molar-refractivity contribution in [3.63, 3.8) is 0 Å². The third-order valence-electron chi connectivity index (χ3n) is 4.54. The molecule has 0 aliphatic heterocycles. The molecule has 2 N–H and O–H groups in total. The molecule has 0 aliphatic rings. The molecule has 1 heterocycles. The zero-order valence-electron chi connectivity index (χ0n) is 15.7. The van der Waals surface area contributed by atoms with E-state index in [-0.39, 0.29) is 17.3 Å². The Morgan fingerprint density at radius 1 is 0.778 bits per heavy atom. The van der Waals surface area contributed by atoms with Crippen LogP contribution in [0.1, 0.15) is 22.3 Å². The first-order valence-electron chi connectivity index (χ1n) is 8.53. The van der Waals surface area contributed by atoms with Gasteiger partial charge < -0.3 is 10.6 Å². The highest BCUT2D eigenvalue weighted by Crippen LogP contribution is 2.33. The van der Waals surface area contributed by atoms with Crippen molar-refractivity contribution in [2.24, 2.45) is 0 Å². The summed E-state index contributed by atoms with van der Waals surface area (Å²) in [6.45, 7) is 8.00. The molecule has 3 aromatic rings. The summed E-state index contributed by atoms with van der Waals surface area (Å²) in [5.74, 6) is 0.286. The van der Waals surface area contributed by atoms with Crippen molar-refractivity contribution in [1.29, 1.82) is 0 Å². The largest absolute Gasteiger partial charge is 0.353 e. The fraction of sp³-hybridized carbons (Fsp3) is 0.200. The molecule has 2 aromatic carbocycles. The zero-order valence-corrected chi connectivity index (χ0v) is 15.7. The minimum atomic E-state index is -0.479. The average molecular weight is 363 g/mol. The minimum Gasteiger partial charge on any atom is -0.334 e. The summed E-state index contributed by atoms with van der Waals surface area (Å²) in [5, 5.41) is 17.8. The predicted octanol–water partition coefficient (Wildman–Crippen LogP) is 5.11. The molecule has 0 saturated carbocycles. The summed E-state index contributed by atoms with van der Waals surface area (Å²) in [4.78, 5) is 19.4. The summed E-state index contributed by atoms with van der Waals surface area (Å²) in [6.07, 6.45) is 1.31. The van der Waals surface area contributed by atoms with E-state index in [1.807, 2.05) is 64.1 Å². The van der Waals surface area contributed by atoms with E-state index in [4.69, 9.17) is 0 Å². The van der Waals surface area contributed by atoms with Crippen LogP contribution in [-0.4, -0.2) is 14.9 Å². The summed E-state index contributed by atoms with van der Waals surface area (Å²) in [6, 6.07) is 11.5. The van der Waals surface area contributed by atoms with Crippen LogP contribution in [-0.2, 0) is 0 Å². The van der Waals surface area contributed by atoms with Gasteiger partial charge in [-0.2, -0.15) is 0 Å². The standard InChI is InChI=1S/C20H21N5O2/c1-12-5-7-16(9-14(12)3)23-19-18(25(26)27)20(22-11-21-19)24-17-8-6-13(2)15(4)10-17/h5-11H,1-4H3,(H2,21,22,23,24). The number of anilines is 4. The topological polar surface area (TPSA) is 93.0 Å². The van der Waals surface area contributed by atoms with E-state index in [0.717, 1.165) is 33.6 Å². The van der Waals surface area contributed by atoms with Gasteiger partial charge >= 0.3 is 5.69 Å². The molecule has 0 aliphatic carbocycles. The third-order valence-corrected chi connectivity index (χ3v) is 4.54. The maximum Gasteiger partial charge on any atom is 0.353 e. The van der Waals surface area contributed by atoms with E-state index in [1.165, 1.54) is 6.33 Å². The summed E-state index contributed by atoms with van der Waals surface area (Å²) >= 11 is 0. The van der Waals surface area contributed by atoms with Gasteiger partial charge in [0.2, 0.25) is 11.6 Å². The van der Waals surface area contributed by atoms with Crippen LogP contribution < -0.4 is 10.6 Å². The molecular weight excluding hydrogens is 342 g/mol. The summed E-state index contributed by atoms with van der Waals surface area (Å²) in [7, 11) is 0. The van der Waals surface area contributed by atoms with Crippen molar-refractivity contribution in [2.45, 2.75) is 27.7 Å². The number of rotatable bonds is 5. The highest BCUT2D eigenvalue weighted by Gasteiger charge is 2.23. The number of nitrogens with one attached hydrogen (secondary N) is 2. The van der Waals surface area contributed by atoms with Crippen LogP contribution in [0.2, 0.25) is 0 Å². The quantitative estimate of drug-likeness (QED) is 0.483. The Labute approximate surface area is 157 Å². The molecule has 0 bridgehead atoms. The van der Waals surface area contributed by atoms with Crippen LogP contribution in [0.15, 0.2) is 42.7 Å². The smallest absolute Gasteiger partial charge is 0.334 e. The van der Waals surface area contributed by atoms with Crippen molar-refractivity contribution in [1.82, 2.24) is 9.97 Å². The van der Waals surface area contributed by atoms with Crippen molar-refractivity contribution in [3.05, 3.63) is 75.1 Å². The molecule has 27 heavy (non-hydrogen) atoms. The number of nitro groups is 1. The lowest BCUT2D eigenvalue weighted by Gasteiger charge is -2.12. The van der Waals surface area contributed by atoms with Gasteiger partial charge in [0.1, 0.15) is 6.33 Å². The minimum absolute atomic E-state index is 0.143. The fourth-order valence-electron chi connectivity index (χ4n) is 2.65. The van der Waals surface area contributed by atoms with E-state index in [0.29, 0.717) is 0 Å². The molecule has 0 fully saturated rings. The molecule has 0 radical (unpaired) electrons. The van der Waals surface area contributed by atoms with E-state index in [9.17, 15) is 10.1 Å². The molecule has 0 saturated heterocycles. The number of aromatic nitrogens is 2. The maximum absolute atomic E-state index is 11.7. The van der Waals surface area contributed by atoms with E-state index >= 15 is 0 Å². The Hall–Kier alpha value is -3.48. The Morgan fingerprint density at radius 3 is 1.59 bits per heavy atom. The molecule has 0 unspecified atom stereocenters. The third kappa shape index (κ3) is 4.03. The van der Waals surface area contributed by atoms with Gasteiger partial charge in [0.05, 0.1) is 4.92 Å². The van der Waals surface area contributed by atoms with Crippen LogP contribution in [0.4, 0.5) is 28.7 Å². The van der Waals surface area contributed by atoms with Gasteiger partial charge in [-0.15, -0.1) is 0 Å². The lowest BCUT2D eigenvalue weighted by Crippen LogP contribution is -2.06. The first-order valence-corrected chi connectivity index (χ1v) is 8.53. The second kappa shape index (κ2) is 7.41. The Balaban J connectivity index is 1.97. The fourth-order valence-corrected chi connectivity index (χ4v) is 2.65. The molecule has 3 rings (SSSR count). The monoisotopic (exact) mass is 363 g/mol.